The van der Waals surface area contributed by atoms with Gasteiger partial charge in [0.15, 0.2) is 0 Å². The molecular formula is C18H19Cl2FN2O3S2. The number of benzene rings is 2. The van der Waals surface area contributed by atoms with Gasteiger partial charge in [0, 0.05) is 23.1 Å². The van der Waals surface area contributed by atoms with Crippen LogP contribution in [-0.2, 0) is 20.6 Å². The van der Waals surface area contributed by atoms with Crippen molar-refractivity contribution in [1.29, 1.82) is 0 Å². The molecule has 2 aromatic rings. The highest BCUT2D eigenvalue weighted by Crippen LogP contribution is 2.24. The normalized spacial score (nSPS) is 11.3. The second-order valence-corrected chi connectivity index (χ2v) is 9.69. The van der Waals surface area contributed by atoms with E-state index in [1.165, 1.54) is 12.1 Å². The zero-order valence-electron chi connectivity index (χ0n) is 15.0. The Morgan fingerprint density at radius 2 is 1.89 bits per heavy atom. The van der Waals surface area contributed by atoms with Gasteiger partial charge in [0.1, 0.15) is 12.4 Å². The van der Waals surface area contributed by atoms with Gasteiger partial charge in [0.25, 0.3) is 0 Å². The van der Waals surface area contributed by atoms with Crippen LogP contribution in [0.3, 0.4) is 0 Å². The summed E-state index contributed by atoms with van der Waals surface area (Å²) >= 11 is 13.4. The summed E-state index contributed by atoms with van der Waals surface area (Å²) < 4.78 is 38.2. The zero-order valence-corrected chi connectivity index (χ0v) is 18.1. The maximum Gasteiger partial charge on any atom is 0.240 e. The molecule has 152 valence electrons. The molecule has 0 atom stereocenters. The van der Waals surface area contributed by atoms with Gasteiger partial charge in [0.2, 0.25) is 15.9 Å². The Kier molecular flexibility index (Phi) is 8.42. The Hall–Kier alpha value is -1.48. The van der Waals surface area contributed by atoms with Crippen molar-refractivity contribution in [3.63, 3.8) is 0 Å². The highest BCUT2D eigenvalue weighted by molar-refractivity contribution is 7.98. The van der Waals surface area contributed by atoms with Crippen LogP contribution in [0.15, 0.2) is 42.5 Å². The van der Waals surface area contributed by atoms with Crippen LogP contribution in [0.5, 0.6) is 0 Å². The molecule has 0 aliphatic heterocycles. The Labute approximate surface area is 178 Å². The maximum atomic E-state index is 13.3. The molecule has 0 heterocycles. The van der Waals surface area contributed by atoms with E-state index in [-0.39, 0.29) is 10.7 Å². The van der Waals surface area contributed by atoms with E-state index in [9.17, 15) is 17.6 Å². The number of hydrogen-bond acceptors (Lipinski definition) is 4. The highest BCUT2D eigenvalue weighted by Gasteiger charge is 2.21. The first kappa shape index (κ1) is 22.8. The lowest BCUT2D eigenvalue weighted by molar-refractivity contribution is -0.119. The van der Waals surface area contributed by atoms with Gasteiger partial charge in [-0.2, -0.15) is 11.8 Å². The number of carbonyl (C=O) groups excluding carboxylic acids is 1. The summed E-state index contributed by atoms with van der Waals surface area (Å²) in [5.74, 6) is 0.209. The van der Waals surface area contributed by atoms with Crippen molar-refractivity contribution in [2.45, 2.75) is 5.75 Å². The van der Waals surface area contributed by atoms with Gasteiger partial charge in [-0.3, -0.25) is 9.10 Å². The fourth-order valence-electron chi connectivity index (χ4n) is 2.29. The van der Waals surface area contributed by atoms with Crippen LogP contribution < -0.4 is 9.62 Å². The van der Waals surface area contributed by atoms with Crippen molar-refractivity contribution in [3.8, 4) is 0 Å². The molecule has 1 amide bonds. The van der Waals surface area contributed by atoms with Gasteiger partial charge >= 0.3 is 0 Å². The van der Waals surface area contributed by atoms with Crippen molar-refractivity contribution < 1.29 is 17.6 Å². The van der Waals surface area contributed by atoms with E-state index in [1.54, 1.807) is 11.8 Å². The number of sulfonamides is 1. The van der Waals surface area contributed by atoms with Crippen LogP contribution in [0.2, 0.25) is 10.0 Å². The molecule has 2 rings (SSSR count). The fourth-order valence-corrected chi connectivity index (χ4v) is 4.45. The minimum absolute atomic E-state index is 0.122. The van der Waals surface area contributed by atoms with Crippen molar-refractivity contribution in [3.05, 3.63) is 63.9 Å². The molecule has 1 N–H and O–H groups in total. The van der Waals surface area contributed by atoms with Gasteiger partial charge < -0.3 is 5.32 Å². The van der Waals surface area contributed by atoms with E-state index in [0.717, 1.165) is 22.2 Å². The molecule has 5 nitrogen and oxygen atoms in total. The zero-order chi connectivity index (χ0) is 20.7. The molecule has 0 fully saturated rings. The largest absolute Gasteiger partial charge is 0.354 e. The first-order valence-corrected chi connectivity index (χ1v) is 11.9. The van der Waals surface area contributed by atoms with Crippen LogP contribution in [0, 0.1) is 5.82 Å². The SMILES string of the molecule is CS(=O)(=O)N(CC(=O)NCCSCc1ccccc1Cl)c1ccc(F)c(Cl)c1. The summed E-state index contributed by atoms with van der Waals surface area (Å²) in [7, 11) is -3.75. The molecule has 0 aromatic heterocycles. The summed E-state index contributed by atoms with van der Waals surface area (Å²) in [5.41, 5.74) is 1.13. The molecule has 0 spiro atoms. The third-order valence-electron chi connectivity index (χ3n) is 3.66. The molecule has 0 saturated heterocycles. The number of carbonyl (C=O) groups is 1. The third kappa shape index (κ3) is 6.84. The number of thioether (sulfide) groups is 1. The number of nitrogens with one attached hydrogen (secondary N) is 1. The molecule has 0 unspecified atom stereocenters. The topological polar surface area (TPSA) is 66.5 Å². The fraction of sp³-hybridized carbons (Fsp3) is 0.278. The predicted octanol–water partition coefficient (Wildman–Crippen LogP) is 3.95. The molecule has 0 aliphatic rings. The van der Waals surface area contributed by atoms with Crippen molar-refractivity contribution in [1.82, 2.24) is 5.32 Å². The third-order valence-corrected chi connectivity index (χ3v) is 6.47. The molecular weight excluding hydrogens is 446 g/mol. The first-order chi connectivity index (χ1) is 13.2. The summed E-state index contributed by atoms with van der Waals surface area (Å²) in [6.07, 6.45) is 0.969. The molecule has 2 aromatic carbocycles. The van der Waals surface area contributed by atoms with E-state index in [1.807, 2.05) is 24.3 Å². The van der Waals surface area contributed by atoms with Crippen LogP contribution in [0.25, 0.3) is 0 Å². The number of amides is 1. The molecule has 0 radical (unpaired) electrons. The lowest BCUT2D eigenvalue weighted by atomic mass is 10.2. The van der Waals surface area contributed by atoms with E-state index < -0.39 is 28.3 Å². The number of anilines is 1. The molecule has 0 aliphatic carbocycles. The summed E-state index contributed by atoms with van der Waals surface area (Å²) in [5, 5.41) is 3.15. The number of nitrogens with zero attached hydrogens (tertiary/aromatic N) is 1. The smallest absolute Gasteiger partial charge is 0.240 e. The van der Waals surface area contributed by atoms with E-state index in [4.69, 9.17) is 23.2 Å². The minimum Gasteiger partial charge on any atom is -0.354 e. The average molecular weight is 465 g/mol. The van der Waals surface area contributed by atoms with E-state index in [2.05, 4.69) is 5.32 Å². The molecule has 0 bridgehead atoms. The summed E-state index contributed by atoms with van der Waals surface area (Å²) in [6, 6.07) is 11.0. The van der Waals surface area contributed by atoms with Gasteiger partial charge in [-0.05, 0) is 29.8 Å². The number of rotatable bonds is 9. The molecule has 0 saturated carbocycles. The van der Waals surface area contributed by atoms with Crippen LogP contribution in [0.4, 0.5) is 10.1 Å². The monoisotopic (exact) mass is 464 g/mol. The lowest BCUT2D eigenvalue weighted by Gasteiger charge is -2.22. The molecule has 28 heavy (non-hydrogen) atoms. The Morgan fingerprint density at radius 1 is 1.18 bits per heavy atom. The Bertz CT molecular complexity index is 942. The summed E-state index contributed by atoms with van der Waals surface area (Å²) in [4.78, 5) is 12.2. The van der Waals surface area contributed by atoms with Crippen molar-refractivity contribution in [2.24, 2.45) is 0 Å². The van der Waals surface area contributed by atoms with Gasteiger partial charge in [-0.15, -0.1) is 0 Å². The van der Waals surface area contributed by atoms with Gasteiger partial charge in [-0.25, -0.2) is 12.8 Å². The maximum absolute atomic E-state index is 13.3. The average Bonchev–Trinajstić information content (AvgIpc) is 2.62. The predicted molar refractivity (Wildman–Crippen MR) is 114 cm³/mol. The first-order valence-electron chi connectivity index (χ1n) is 8.19. The Morgan fingerprint density at radius 3 is 2.54 bits per heavy atom. The van der Waals surface area contributed by atoms with Crippen LogP contribution in [0.1, 0.15) is 5.56 Å². The second-order valence-electron chi connectivity index (χ2n) is 5.86. The van der Waals surface area contributed by atoms with Gasteiger partial charge in [-0.1, -0.05) is 41.4 Å². The number of hydrogen-bond donors (Lipinski definition) is 1. The molecule has 10 heteroatoms. The van der Waals surface area contributed by atoms with Crippen LogP contribution >= 0.6 is 35.0 Å². The van der Waals surface area contributed by atoms with Gasteiger partial charge in [0.05, 0.1) is 17.0 Å². The van der Waals surface area contributed by atoms with E-state index in [0.29, 0.717) is 23.1 Å². The van der Waals surface area contributed by atoms with Crippen LogP contribution in [-0.4, -0.2) is 39.4 Å². The Balaban J connectivity index is 1.86. The second kappa shape index (κ2) is 10.3. The lowest BCUT2D eigenvalue weighted by Crippen LogP contribution is -2.41. The quantitative estimate of drug-likeness (QED) is 0.570. The van der Waals surface area contributed by atoms with Crippen molar-refractivity contribution in [2.75, 3.05) is 29.4 Å². The minimum atomic E-state index is -3.75. The highest BCUT2D eigenvalue weighted by atomic mass is 35.5. The standard InChI is InChI=1S/C18H19Cl2FN2O3S2/c1-28(25,26)23(14-6-7-17(21)16(20)10-14)11-18(24)22-8-9-27-12-13-4-2-3-5-15(13)19/h2-7,10H,8-9,11-12H2,1H3,(H,22,24). The number of halogens is 3. The summed E-state index contributed by atoms with van der Waals surface area (Å²) in [6.45, 7) is -0.0499. The van der Waals surface area contributed by atoms with E-state index >= 15 is 0 Å². The van der Waals surface area contributed by atoms with Crippen molar-refractivity contribution >= 4 is 56.6 Å².